The maximum Gasteiger partial charge on any atom is 0.355 e. The van der Waals surface area contributed by atoms with Crippen molar-refractivity contribution in [2.45, 2.75) is 32.7 Å². The number of aromatic amines is 1. The Hall–Kier alpha value is -3.98. The number of nitrogens with zero attached hydrogens (tertiary/aromatic N) is 5. The fourth-order valence-corrected chi connectivity index (χ4v) is 5.30. The number of pyridine rings is 1. The smallest absolute Gasteiger partial charge is 0.355 e. The molecule has 8 nitrogen and oxygen atoms in total. The Bertz CT molecular complexity index is 1600. The molecule has 10 heteroatoms. The van der Waals surface area contributed by atoms with Crippen molar-refractivity contribution >= 4 is 34.4 Å². The third-order valence-corrected chi connectivity index (χ3v) is 7.17. The van der Waals surface area contributed by atoms with E-state index in [4.69, 9.17) is 16.6 Å². The highest BCUT2D eigenvalue weighted by atomic mass is 35.5. The zero-order valence-corrected chi connectivity index (χ0v) is 22.0. The van der Waals surface area contributed by atoms with Crippen LogP contribution in [0.1, 0.15) is 25.8 Å². The Kier molecular flexibility index (Phi) is 7.03. The molecule has 1 N–H and O–H groups in total. The van der Waals surface area contributed by atoms with Gasteiger partial charge in [0.25, 0.3) is 0 Å². The summed E-state index contributed by atoms with van der Waals surface area (Å²) >= 11 is 6.71. The Labute approximate surface area is 224 Å². The third kappa shape index (κ3) is 4.47. The molecule has 38 heavy (non-hydrogen) atoms. The number of benzene rings is 1. The van der Waals surface area contributed by atoms with Crippen molar-refractivity contribution in [2.24, 2.45) is 0 Å². The van der Waals surface area contributed by atoms with E-state index < -0.39 is 11.5 Å². The summed E-state index contributed by atoms with van der Waals surface area (Å²) in [5.74, 6) is -0.171. The van der Waals surface area contributed by atoms with E-state index in [0.717, 1.165) is 18.4 Å². The quantitative estimate of drug-likeness (QED) is 0.361. The number of aromatic nitrogens is 4. The van der Waals surface area contributed by atoms with Crippen molar-refractivity contribution < 1.29 is 9.18 Å². The lowest BCUT2D eigenvalue weighted by atomic mass is 10.1. The van der Waals surface area contributed by atoms with Gasteiger partial charge in [0.1, 0.15) is 11.6 Å². The van der Waals surface area contributed by atoms with Crippen molar-refractivity contribution in [3.63, 3.8) is 0 Å². The second-order valence-corrected chi connectivity index (χ2v) is 9.78. The number of amides is 1. The van der Waals surface area contributed by atoms with E-state index in [-0.39, 0.29) is 28.2 Å². The van der Waals surface area contributed by atoms with Gasteiger partial charge in [-0.15, -0.1) is 0 Å². The summed E-state index contributed by atoms with van der Waals surface area (Å²) < 4.78 is 16.3. The Morgan fingerprint density at radius 1 is 1.26 bits per heavy atom. The summed E-state index contributed by atoms with van der Waals surface area (Å²) in [4.78, 5) is 41.9. The molecule has 0 aliphatic carbocycles. The fourth-order valence-electron chi connectivity index (χ4n) is 5.05. The Balaban J connectivity index is 1.75. The third-order valence-electron chi connectivity index (χ3n) is 6.88. The van der Waals surface area contributed by atoms with Gasteiger partial charge in [0.15, 0.2) is 5.65 Å². The van der Waals surface area contributed by atoms with Crippen LogP contribution in [0.2, 0.25) is 5.02 Å². The largest absolute Gasteiger partial charge is 0.366 e. The molecular weight excluding hydrogens is 507 g/mol. The average Bonchev–Trinajstić information content (AvgIpc) is 3.36. The second-order valence-electron chi connectivity index (χ2n) is 9.37. The predicted octanol–water partition coefficient (Wildman–Crippen LogP) is 4.74. The summed E-state index contributed by atoms with van der Waals surface area (Å²) in [7, 11) is 0. The number of H-pyrrole nitrogens is 1. The minimum Gasteiger partial charge on any atom is -0.366 e. The lowest BCUT2D eigenvalue weighted by Gasteiger charge is -2.40. The molecule has 1 amide bonds. The van der Waals surface area contributed by atoms with E-state index in [1.54, 1.807) is 35.4 Å². The minimum atomic E-state index is -0.504. The lowest BCUT2D eigenvalue weighted by molar-refractivity contribution is -0.126. The zero-order chi connectivity index (χ0) is 27.0. The predicted molar refractivity (Wildman–Crippen MR) is 147 cm³/mol. The normalized spacial score (nSPS) is 15.7. The van der Waals surface area contributed by atoms with Crippen LogP contribution < -0.4 is 10.6 Å². The first-order chi connectivity index (χ1) is 18.3. The van der Waals surface area contributed by atoms with Crippen LogP contribution in [0.15, 0.2) is 60.2 Å². The SMILES string of the molecule is C=CC(=O)N1CCN(c2nc(=O)n(-c3c[nH]cc3CCC)c3nc(-c4ccccc4F)c(Cl)cc23)[C@@H](C)C1. The first kappa shape index (κ1) is 25.7. The van der Waals surface area contributed by atoms with Gasteiger partial charge in [0, 0.05) is 43.6 Å². The maximum absolute atomic E-state index is 14.8. The standard InChI is InChI=1S/C28H28ClFN6O2/c1-4-8-18-14-31-15-23(18)36-27-20(13-21(29)25(32-27)19-9-6-7-10-22(19)30)26(33-28(36)38)35-12-11-34(16-17(35)3)24(37)5-2/h5-7,9-10,13-15,17,31H,2,4,8,11-12,16H2,1,3H3/t17-/m0/s1. The van der Waals surface area contributed by atoms with E-state index in [1.165, 1.54) is 16.7 Å². The van der Waals surface area contributed by atoms with E-state index in [2.05, 4.69) is 23.5 Å². The number of fused-ring (bicyclic) bond motifs is 1. The molecule has 0 unspecified atom stereocenters. The van der Waals surface area contributed by atoms with Gasteiger partial charge in [-0.25, -0.2) is 18.7 Å². The molecule has 0 bridgehead atoms. The van der Waals surface area contributed by atoms with Crippen LogP contribution in [0.25, 0.3) is 28.0 Å². The molecule has 1 saturated heterocycles. The first-order valence-electron chi connectivity index (χ1n) is 12.6. The van der Waals surface area contributed by atoms with Gasteiger partial charge in [-0.3, -0.25) is 4.79 Å². The monoisotopic (exact) mass is 534 g/mol. The van der Waals surface area contributed by atoms with E-state index in [9.17, 15) is 14.0 Å². The van der Waals surface area contributed by atoms with Crippen LogP contribution in [-0.2, 0) is 11.2 Å². The number of rotatable bonds is 6. The molecule has 1 fully saturated rings. The highest BCUT2D eigenvalue weighted by Crippen LogP contribution is 2.35. The molecule has 0 saturated carbocycles. The summed E-state index contributed by atoms with van der Waals surface area (Å²) in [6, 6.07) is 7.83. The van der Waals surface area contributed by atoms with Crippen molar-refractivity contribution in [3.8, 4) is 16.9 Å². The molecule has 1 aliphatic heterocycles. The fraction of sp³-hybridized carbons (Fsp3) is 0.286. The highest BCUT2D eigenvalue weighted by molar-refractivity contribution is 6.33. The van der Waals surface area contributed by atoms with Gasteiger partial charge in [0.05, 0.1) is 21.8 Å². The number of piperazine rings is 1. The van der Waals surface area contributed by atoms with E-state index in [0.29, 0.717) is 42.2 Å². The van der Waals surface area contributed by atoms with Crippen LogP contribution in [0.4, 0.5) is 10.2 Å². The Morgan fingerprint density at radius 2 is 2.05 bits per heavy atom. The number of halogens is 2. The summed E-state index contributed by atoms with van der Waals surface area (Å²) in [6.07, 6.45) is 6.54. The molecule has 3 aromatic heterocycles. The molecule has 1 atom stereocenters. The molecule has 5 rings (SSSR count). The molecule has 0 radical (unpaired) electrons. The Morgan fingerprint density at radius 3 is 2.76 bits per heavy atom. The van der Waals surface area contributed by atoms with E-state index >= 15 is 0 Å². The number of aryl methyl sites for hydroxylation is 1. The van der Waals surface area contributed by atoms with Gasteiger partial charge in [-0.1, -0.05) is 43.7 Å². The van der Waals surface area contributed by atoms with Crippen molar-refractivity contribution in [3.05, 3.63) is 82.3 Å². The highest BCUT2D eigenvalue weighted by Gasteiger charge is 2.30. The molecule has 1 aliphatic rings. The number of hydrogen-bond acceptors (Lipinski definition) is 5. The molecule has 1 aromatic carbocycles. The van der Waals surface area contributed by atoms with Crippen molar-refractivity contribution in [1.29, 1.82) is 0 Å². The number of hydrogen-bond donors (Lipinski definition) is 1. The van der Waals surface area contributed by atoms with E-state index in [1.807, 2.05) is 18.0 Å². The van der Waals surface area contributed by atoms with Gasteiger partial charge in [-0.05, 0) is 43.2 Å². The van der Waals surface area contributed by atoms with Crippen LogP contribution in [0, 0.1) is 5.82 Å². The van der Waals surface area contributed by atoms with Crippen LogP contribution in [-0.4, -0.2) is 56.0 Å². The van der Waals surface area contributed by atoms with Gasteiger partial charge in [0.2, 0.25) is 5.91 Å². The number of carbonyl (C=O) groups excluding carboxylic acids is 1. The number of carbonyl (C=O) groups is 1. The summed E-state index contributed by atoms with van der Waals surface area (Å²) in [5.41, 5.74) is 1.89. The zero-order valence-electron chi connectivity index (χ0n) is 21.2. The maximum atomic E-state index is 14.8. The molecule has 196 valence electrons. The first-order valence-corrected chi connectivity index (χ1v) is 12.9. The minimum absolute atomic E-state index is 0.133. The van der Waals surface area contributed by atoms with Crippen molar-refractivity contribution in [2.75, 3.05) is 24.5 Å². The van der Waals surface area contributed by atoms with Gasteiger partial charge in [-0.2, -0.15) is 4.98 Å². The molecule has 0 spiro atoms. The average molecular weight is 535 g/mol. The van der Waals surface area contributed by atoms with Crippen LogP contribution in [0.5, 0.6) is 0 Å². The topological polar surface area (TPSA) is 87.1 Å². The molecule has 4 aromatic rings. The van der Waals surface area contributed by atoms with Crippen LogP contribution >= 0.6 is 11.6 Å². The summed E-state index contributed by atoms with van der Waals surface area (Å²) in [5, 5.41) is 0.806. The molecular formula is C28H28ClFN6O2. The summed E-state index contributed by atoms with van der Waals surface area (Å²) in [6.45, 7) is 8.97. The number of nitrogens with one attached hydrogen (secondary N) is 1. The molecule has 4 heterocycles. The van der Waals surface area contributed by atoms with Crippen LogP contribution in [0.3, 0.4) is 0 Å². The van der Waals surface area contributed by atoms with Gasteiger partial charge < -0.3 is 14.8 Å². The van der Waals surface area contributed by atoms with Crippen molar-refractivity contribution in [1.82, 2.24) is 24.4 Å². The van der Waals surface area contributed by atoms with Gasteiger partial charge >= 0.3 is 5.69 Å². The number of anilines is 1. The lowest BCUT2D eigenvalue weighted by Crippen LogP contribution is -2.54. The second kappa shape index (κ2) is 10.4.